The highest BCUT2D eigenvalue weighted by atomic mass is 15.5. The van der Waals surface area contributed by atoms with Crippen LogP contribution in [0.2, 0.25) is 0 Å². The molecule has 1 rings (SSSR count). The summed E-state index contributed by atoms with van der Waals surface area (Å²) in [5.41, 5.74) is 0. The van der Waals surface area contributed by atoms with Crippen LogP contribution in [0.5, 0.6) is 0 Å². The highest BCUT2D eigenvalue weighted by molar-refractivity contribution is 4.49. The van der Waals surface area contributed by atoms with Gasteiger partial charge in [-0.2, -0.15) is 4.79 Å². The quantitative estimate of drug-likeness (QED) is 0.400. The normalized spacial score (nSPS) is 8.67. The van der Waals surface area contributed by atoms with Gasteiger partial charge >= 0.3 is 0 Å². The summed E-state index contributed by atoms with van der Waals surface area (Å²) in [5, 5.41) is 3.38. The van der Waals surface area contributed by atoms with Crippen molar-refractivity contribution in [2.45, 2.75) is 0 Å². The van der Waals surface area contributed by atoms with Gasteiger partial charge in [-0.05, 0) is 0 Å². The Hall–Kier alpha value is -1.06. The van der Waals surface area contributed by atoms with E-state index in [0.717, 1.165) is 4.79 Å². The predicted molar refractivity (Wildman–Crippen MR) is 19.0 cm³/mol. The molecule has 0 aromatic carbocycles. The molecule has 1 radical (unpaired) electrons. The Balaban J connectivity index is 3.05. The van der Waals surface area contributed by atoms with E-state index < -0.39 is 0 Å². The van der Waals surface area contributed by atoms with Crippen molar-refractivity contribution in [3.63, 3.8) is 0 Å². The lowest BCUT2D eigenvalue weighted by atomic mass is 11.3. The molecule has 1 aromatic rings. The molecular formula is C2H3N4. The molecule has 0 aliphatic heterocycles. The molecule has 1 aromatic heterocycles. The minimum absolute atomic E-state index is 1.08. The average molecular weight is 83.1 g/mol. The fourth-order valence-electron chi connectivity index (χ4n) is 0.188. The number of hydrogen-bond donors (Lipinski definition) is 1. The first-order chi connectivity index (χ1) is 2.89. The van der Waals surface area contributed by atoms with Crippen LogP contribution in [0.1, 0.15) is 0 Å². The van der Waals surface area contributed by atoms with Crippen LogP contribution in [0.25, 0.3) is 0 Å². The molecule has 2 N–H and O–H groups in total. The van der Waals surface area contributed by atoms with Gasteiger partial charge in [0.1, 0.15) is 6.33 Å². The minimum Gasteiger partial charge on any atom is -0.322 e. The van der Waals surface area contributed by atoms with Gasteiger partial charge in [0.2, 0.25) is 6.33 Å². The molecule has 0 spiro atoms. The van der Waals surface area contributed by atoms with E-state index in [4.69, 9.17) is 5.84 Å². The molecule has 6 heavy (non-hydrogen) atoms. The van der Waals surface area contributed by atoms with Crippen LogP contribution >= 0.6 is 0 Å². The second kappa shape index (κ2) is 0.965. The average Bonchev–Trinajstić information content (AvgIpc) is 1.86. The molecule has 0 atom stereocenters. The summed E-state index contributed by atoms with van der Waals surface area (Å²) in [7, 11) is 0. The summed E-state index contributed by atoms with van der Waals surface area (Å²) >= 11 is 0. The smallest absolute Gasteiger partial charge is 0.223 e. The van der Waals surface area contributed by atoms with Crippen LogP contribution in [0.4, 0.5) is 0 Å². The van der Waals surface area contributed by atoms with E-state index in [9.17, 15) is 0 Å². The molecule has 0 bridgehead atoms. The second-order valence-electron chi connectivity index (χ2n) is 0.825. The van der Waals surface area contributed by atoms with Gasteiger partial charge in [0.05, 0.1) is 0 Å². The van der Waals surface area contributed by atoms with Crippen molar-refractivity contribution >= 4 is 0 Å². The number of nitrogen functional groups attached to an aromatic ring is 1. The Morgan fingerprint density at radius 3 is 2.83 bits per heavy atom. The molecule has 0 saturated heterocycles. The molecule has 0 saturated carbocycles. The number of nitrogens with two attached hydrogens (primary N) is 1. The highest BCUT2D eigenvalue weighted by Gasteiger charge is 1.72. The maximum absolute atomic E-state index is 4.99. The van der Waals surface area contributed by atoms with Gasteiger partial charge in [-0.15, -0.1) is 5.10 Å². The SMILES string of the molecule is Nn1cn[c]n1. The Labute approximate surface area is 34.6 Å². The molecule has 31 valence electrons. The molecule has 0 unspecified atom stereocenters. The lowest BCUT2D eigenvalue weighted by Crippen LogP contribution is -2.07. The van der Waals surface area contributed by atoms with E-state index in [1.54, 1.807) is 0 Å². The van der Waals surface area contributed by atoms with Gasteiger partial charge in [0.25, 0.3) is 0 Å². The second-order valence-corrected chi connectivity index (χ2v) is 0.825. The third kappa shape index (κ3) is 0.314. The number of nitrogens with zero attached hydrogens (tertiary/aromatic N) is 3. The van der Waals surface area contributed by atoms with Gasteiger partial charge in [-0.1, -0.05) is 0 Å². The van der Waals surface area contributed by atoms with Crippen LogP contribution < -0.4 is 5.84 Å². The summed E-state index contributed by atoms with van der Waals surface area (Å²) in [6.07, 6.45) is 3.63. The van der Waals surface area contributed by atoms with E-state index in [1.165, 1.54) is 6.33 Å². The van der Waals surface area contributed by atoms with Crippen molar-refractivity contribution in [2.75, 3.05) is 5.84 Å². The Morgan fingerprint density at radius 1 is 1.83 bits per heavy atom. The van der Waals surface area contributed by atoms with Crippen LogP contribution in [0.3, 0.4) is 0 Å². The van der Waals surface area contributed by atoms with Crippen molar-refractivity contribution in [2.24, 2.45) is 0 Å². The molecule has 4 nitrogen and oxygen atoms in total. The largest absolute Gasteiger partial charge is 0.322 e. The first kappa shape index (κ1) is 3.14. The summed E-state index contributed by atoms with van der Waals surface area (Å²) in [6.45, 7) is 0. The van der Waals surface area contributed by atoms with Crippen molar-refractivity contribution < 1.29 is 0 Å². The Bertz CT molecular complexity index is 109. The molecule has 0 aliphatic carbocycles. The van der Waals surface area contributed by atoms with Crippen LogP contribution in [0, 0.1) is 6.33 Å². The van der Waals surface area contributed by atoms with E-state index >= 15 is 0 Å². The summed E-state index contributed by atoms with van der Waals surface area (Å²) in [6, 6.07) is 0. The number of hydrogen-bond acceptors (Lipinski definition) is 3. The van der Waals surface area contributed by atoms with Crippen molar-refractivity contribution in [3.05, 3.63) is 12.7 Å². The van der Waals surface area contributed by atoms with Gasteiger partial charge in [0.15, 0.2) is 0 Å². The van der Waals surface area contributed by atoms with Crippen LogP contribution in [0.15, 0.2) is 6.33 Å². The minimum atomic E-state index is 1.08. The lowest BCUT2D eigenvalue weighted by molar-refractivity contribution is 0.828. The lowest BCUT2D eigenvalue weighted by Gasteiger charge is -1.76. The van der Waals surface area contributed by atoms with Crippen molar-refractivity contribution in [3.8, 4) is 0 Å². The standard InChI is InChI=1S/C2H3N4/c3-6-2-4-1-5-6/h2H,3H2. The summed E-state index contributed by atoms with van der Waals surface area (Å²) in [4.78, 5) is 4.51. The maximum Gasteiger partial charge on any atom is 0.223 e. The topological polar surface area (TPSA) is 56.7 Å². The third-order valence-corrected chi connectivity index (χ3v) is 0.394. The fourth-order valence-corrected chi connectivity index (χ4v) is 0.188. The van der Waals surface area contributed by atoms with E-state index in [0.29, 0.717) is 0 Å². The molecule has 4 heteroatoms. The summed E-state index contributed by atoms with van der Waals surface area (Å²) < 4.78 is 0. The zero-order valence-corrected chi connectivity index (χ0v) is 3.00. The van der Waals surface area contributed by atoms with Gasteiger partial charge in [-0.25, -0.2) is 4.98 Å². The first-order valence-electron chi connectivity index (χ1n) is 1.42. The summed E-state index contributed by atoms with van der Waals surface area (Å²) in [5.74, 6) is 4.99. The molecule has 0 fully saturated rings. The van der Waals surface area contributed by atoms with Crippen molar-refractivity contribution in [1.82, 2.24) is 14.9 Å². The predicted octanol–water partition coefficient (Wildman–Crippen LogP) is -1.21. The van der Waals surface area contributed by atoms with Gasteiger partial charge < -0.3 is 5.84 Å². The molecule has 0 amide bonds. The van der Waals surface area contributed by atoms with Crippen molar-refractivity contribution in [1.29, 1.82) is 0 Å². The van der Waals surface area contributed by atoms with Crippen LogP contribution in [-0.4, -0.2) is 14.9 Å². The van der Waals surface area contributed by atoms with Gasteiger partial charge in [-0.3, -0.25) is 0 Å². The molecule has 1 heterocycles. The molecule has 0 aliphatic rings. The van der Waals surface area contributed by atoms with Gasteiger partial charge in [0, 0.05) is 0 Å². The molecular weight excluding hydrogens is 80.0 g/mol. The zero-order chi connectivity index (χ0) is 4.41. The number of aromatic nitrogens is 3. The highest BCUT2D eigenvalue weighted by Crippen LogP contribution is 1.58. The Morgan fingerprint density at radius 2 is 2.67 bits per heavy atom. The van der Waals surface area contributed by atoms with Crippen LogP contribution in [-0.2, 0) is 0 Å². The fraction of sp³-hybridized carbons (Fsp3) is 0. The maximum atomic E-state index is 4.99. The third-order valence-electron chi connectivity index (χ3n) is 0.394. The first-order valence-corrected chi connectivity index (χ1v) is 1.42. The zero-order valence-electron chi connectivity index (χ0n) is 3.00. The van der Waals surface area contributed by atoms with E-state index in [2.05, 4.69) is 16.4 Å². The monoisotopic (exact) mass is 83.0 g/mol. The van der Waals surface area contributed by atoms with E-state index in [1.807, 2.05) is 0 Å². The van der Waals surface area contributed by atoms with E-state index in [-0.39, 0.29) is 0 Å². The Kier molecular flexibility index (Phi) is 0.506. The number of rotatable bonds is 0.